The molecule has 0 radical (unpaired) electrons. The van der Waals surface area contributed by atoms with E-state index in [1.165, 1.54) is 21.3 Å². The molecule has 19 heavy (non-hydrogen) atoms. The van der Waals surface area contributed by atoms with E-state index in [-0.39, 0.29) is 0 Å². The molecule has 0 fully saturated rings. The molecule has 0 saturated carbocycles. The molecule has 1 unspecified atom stereocenters. The lowest BCUT2D eigenvalue weighted by atomic mass is 10.1. The fourth-order valence-corrected chi connectivity index (χ4v) is 3.55. The van der Waals surface area contributed by atoms with Crippen LogP contribution in [0.3, 0.4) is 0 Å². The van der Waals surface area contributed by atoms with E-state index in [0.29, 0.717) is 6.04 Å². The van der Waals surface area contributed by atoms with Gasteiger partial charge in [0, 0.05) is 21.3 Å². The van der Waals surface area contributed by atoms with Crippen molar-refractivity contribution in [2.75, 3.05) is 21.3 Å². The van der Waals surface area contributed by atoms with Gasteiger partial charge in [0.15, 0.2) is 0 Å². The highest BCUT2D eigenvalue weighted by Gasteiger charge is 2.41. The van der Waals surface area contributed by atoms with E-state index in [1.54, 1.807) is 6.08 Å². The summed E-state index contributed by atoms with van der Waals surface area (Å²) >= 11 is 0. The Balaban J connectivity index is 2.89. The fraction of sp³-hybridized carbons (Fsp3) is 0.385. The zero-order valence-corrected chi connectivity index (χ0v) is 12.5. The number of rotatable bonds is 8. The van der Waals surface area contributed by atoms with Crippen molar-refractivity contribution in [1.82, 2.24) is 0 Å². The summed E-state index contributed by atoms with van der Waals surface area (Å²) in [7, 11) is 1.76. The van der Waals surface area contributed by atoms with Gasteiger partial charge in [-0.05, 0) is 11.1 Å². The Morgan fingerprint density at radius 3 is 2.05 bits per heavy atom. The molecule has 0 aliphatic heterocycles. The zero-order chi connectivity index (χ0) is 14.3. The molecule has 1 aromatic carbocycles. The lowest BCUT2D eigenvalue weighted by molar-refractivity contribution is -0.278. The molecule has 0 saturated heterocycles. The van der Waals surface area contributed by atoms with Gasteiger partial charge in [0.05, 0.1) is 6.04 Å². The topological polar surface area (TPSA) is 57.2 Å². The van der Waals surface area contributed by atoms with Crippen molar-refractivity contribution < 1.29 is 23.4 Å². The Kier molecular flexibility index (Phi) is 6.36. The van der Waals surface area contributed by atoms with Crippen LogP contribution in [0.4, 0.5) is 0 Å². The predicted octanol–water partition coefficient (Wildman–Crippen LogP) is 2.74. The Labute approximate surface area is 114 Å². The highest BCUT2D eigenvalue weighted by atomic mass is 28.4. The van der Waals surface area contributed by atoms with Crippen LogP contribution in [0.1, 0.15) is 17.2 Å². The summed E-state index contributed by atoms with van der Waals surface area (Å²) in [5.74, 6) is 0. The Hall–Kier alpha value is -1.02. The molecule has 0 aromatic heterocycles. The van der Waals surface area contributed by atoms with Gasteiger partial charge < -0.3 is 13.3 Å². The highest BCUT2D eigenvalue weighted by Crippen LogP contribution is 2.28. The van der Waals surface area contributed by atoms with Crippen molar-refractivity contribution in [3.63, 3.8) is 0 Å². The van der Waals surface area contributed by atoms with Gasteiger partial charge in [0.2, 0.25) is 0 Å². The molecule has 5 nitrogen and oxygen atoms in total. The molecular weight excluding hydrogens is 264 g/mol. The maximum atomic E-state index is 9.09. The van der Waals surface area contributed by atoms with Gasteiger partial charge in [0.1, 0.15) is 6.10 Å². The monoisotopic (exact) mass is 284 g/mol. The van der Waals surface area contributed by atoms with Crippen molar-refractivity contribution in [2.45, 2.75) is 12.1 Å². The standard InChI is InChI=1S/C13H20O5Si/c1-5-11-6-8-12(9-7-11)13(18-14)10-19(15-2,16-3)17-4/h5-9,13-14H,1,10H2,2-4H3. The zero-order valence-electron chi connectivity index (χ0n) is 11.5. The molecule has 1 rings (SSSR count). The fourth-order valence-electron chi connectivity index (χ4n) is 1.79. The van der Waals surface area contributed by atoms with Gasteiger partial charge in [-0.1, -0.05) is 36.9 Å². The van der Waals surface area contributed by atoms with Gasteiger partial charge >= 0.3 is 8.80 Å². The smallest absolute Gasteiger partial charge is 0.377 e. The van der Waals surface area contributed by atoms with Crippen LogP contribution in [0.15, 0.2) is 30.8 Å². The average Bonchev–Trinajstić information content (AvgIpc) is 2.50. The maximum Gasteiger partial charge on any atom is 0.503 e. The molecule has 1 atom stereocenters. The molecule has 106 valence electrons. The van der Waals surface area contributed by atoms with Gasteiger partial charge in [-0.2, -0.15) is 0 Å². The van der Waals surface area contributed by atoms with Crippen LogP contribution in [-0.2, 0) is 18.2 Å². The lowest BCUT2D eigenvalue weighted by Gasteiger charge is -2.27. The molecule has 0 aliphatic carbocycles. The summed E-state index contributed by atoms with van der Waals surface area (Å²) in [6, 6.07) is 7.82. The van der Waals surface area contributed by atoms with Crippen LogP contribution in [-0.4, -0.2) is 35.4 Å². The van der Waals surface area contributed by atoms with Crippen LogP contribution < -0.4 is 0 Å². The summed E-state index contributed by atoms with van der Waals surface area (Å²) in [4.78, 5) is 4.54. The third-order valence-corrected chi connectivity index (χ3v) is 5.78. The largest absolute Gasteiger partial charge is 0.503 e. The summed E-state index contributed by atoms with van der Waals surface area (Å²) in [5, 5.41) is 9.09. The summed E-state index contributed by atoms with van der Waals surface area (Å²) < 4.78 is 16.0. The molecule has 6 heteroatoms. The lowest BCUT2D eigenvalue weighted by Crippen LogP contribution is -2.44. The van der Waals surface area contributed by atoms with E-state index in [4.69, 9.17) is 18.5 Å². The van der Waals surface area contributed by atoms with Crippen molar-refractivity contribution >= 4 is 14.9 Å². The Morgan fingerprint density at radius 1 is 1.16 bits per heavy atom. The first kappa shape index (κ1) is 16.0. The van der Waals surface area contributed by atoms with Gasteiger partial charge in [0.25, 0.3) is 0 Å². The van der Waals surface area contributed by atoms with Crippen LogP contribution in [0.2, 0.25) is 6.04 Å². The second-order valence-corrected chi connectivity index (χ2v) is 6.96. The van der Waals surface area contributed by atoms with E-state index >= 15 is 0 Å². The minimum atomic E-state index is -2.81. The summed E-state index contributed by atoms with van der Waals surface area (Å²) in [6.07, 6.45) is 1.18. The van der Waals surface area contributed by atoms with Crippen LogP contribution in [0.25, 0.3) is 6.08 Å². The Bertz CT molecular complexity index is 380. The molecule has 1 N–H and O–H groups in total. The third kappa shape index (κ3) is 3.97. The van der Waals surface area contributed by atoms with Crippen molar-refractivity contribution in [3.8, 4) is 0 Å². The van der Waals surface area contributed by atoms with E-state index < -0.39 is 14.9 Å². The van der Waals surface area contributed by atoms with Crippen LogP contribution in [0, 0.1) is 0 Å². The predicted molar refractivity (Wildman–Crippen MR) is 74.6 cm³/mol. The number of hydrogen-bond acceptors (Lipinski definition) is 5. The molecule has 0 aliphatic rings. The van der Waals surface area contributed by atoms with Gasteiger partial charge in [-0.25, -0.2) is 4.89 Å². The molecule has 0 heterocycles. The van der Waals surface area contributed by atoms with Gasteiger partial charge in [-0.15, -0.1) is 0 Å². The van der Waals surface area contributed by atoms with E-state index in [0.717, 1.165) is 11.1 Å². The maximum absolute atomic E-state index is 9.09. The second-order valence-electron chi connectivity index (χ2n) is 3.96. The first-order valence-electron chi connectivity index (χ1n) is 5.82. The first-order chi connectivity index (χ1) is 9.14. The van der Waals surface area contributed by atoms with Crippen molar-refractivity contribution in [3.05, 3.63) is 42.0 Å². The van der Waals surface area contributed by atoms with Gasteiger partial charge in [-0.3, -0.25) is 5.26 Å². The van der Waals surface area contributed by atoms with Crippen molar-refractivity contribution in [1.29, 1.82) is 0 Å². The van der Waals surface area contributed by atoms with E-state index in [1.807, 2.05) is 24.3 Å². The molecule has 0 spiro atoms. The number of hydrogen-bond donors (Lipinski definition) is 1. The molecule has 0 bridgehead atoms. The highest BCUT2D eigenvalue weighted by molar-refractivity contribution is 6.60. The number of benzene rings is 1. The van der Waals surface area contributed by atoms with Crippen molar-refractivity contribution in [2.24, 2.45) is 0 Å². The quantitative estimate of drug-likeness (QED) is 0.452. The molecular formula is C13H20O5Si. The normalized spacial score (nSPS) is 13.3. The molecule has 1 aromatic rings. The minimum Gasteiger partial charge on any atom is -0.377 e. The minimum absolute atomic E-state index is 0.320. The van der Waals surface area contributed by atoms with Crippen LogP contribution in [0.5, 0.6) is 0 Å². The SMILES string of the molecule is C=Cc1ccc(C(C[Si](OC)(OC)OC)OO)cc1. The third-order valence-electron chi connectivity index (χ3n) is 3.04. The molecule has 0 amide bonds. The second kappa shape index (κ2) is 7.54. The average molecular weight is 284 g/mol. The Morgan fingerprint density at radius 2 is 1.68 bits per heavy atom. The van der Waals surface area contributed by atoms with Crippen LogP contribution >= 0.6 is 0 Å². The first-order valence-corrected chi connectivity index (χ1v) is 7.76. The summed E-state index contributed by atoms with van der Waals surface area (Å²) in [5.41, 5.74) is 1.81. The van der Waals surface area contributed by atoms with E-state index in [9.17, 15) is 0 Å². The van der Waals surface area contributed by atoms with E-state index in [2.05, 4.69) is 11.5 Å². The summed E-state index contributed by atoms with van der Waals surface area (Å²) in [6.45, 7) is 3.69.